The molecule has 1 fully saturated rings. The second-order valence-corrected chi connectivity index (χ2v) is 28.7. The van der Waals surface area contributed by atoms with Crippen LogP contribution >= 0.6 is 0 Å². The molecule has 5 aliphatic rings. The molecule has 0 saturated heterocycles. The molecule has 0 aromatic heterocycles. The number of hydrogen-bond acceptors (Lipinski definition) is 4. The first-order valence-corrected chi connectivity index (χ1v) is 30.4. The average molecular weight is 1030 g/mol. The molecule has 35 rings (SSSR count). The lowest BCUT2D eigenvalue weighted by atomic mass is 9.68. The van der Waals surface area contributed by atoms with Crippen LogP contribution in [0, 0.1) is 5.41 Å². The van der Waals surface area contributed by atoms with E-state index >= 15 is 9.59 Å². The summed E-state index contributed by atoms with van der Waals surface area (Å²) < 4.78 is 14.3. The van der Waals surface area contributed by atoms with Gasteiger partial charge >= 0.3 is 11.9 Å². The summed E-state index contributed by atoms with van der Waals surface area (Å²) in [5.41, 5.74) is 3.29. The monoisotopic (exact) mass is 1030 g/mol. The maximum atomic E-state index is 17.6. The van der Waals surface area contributed by atoms with Gasteiger partial charge in [-0.2, -0.15) is 0 Å². The zero-order chi connectivity index (χ0) is 50.6. The van der Waals surface area contributed by atoms with Crippen LogP contribution in [-0.4, -0.2) is 25.2 Å². The highest BCUT2D eigenvalue weighted by molar-refractivity contribution is 6.82. The zero-order valence-corrected chi connectivity index (χ0v) is 42.7. The van der Waals surface area contributed by atoms with E-state index in [0.29, 0.717) is 12.8 Å². The maximum absolute atomic E-state index is 17.6. The van der Waals surface area contributed by atoms with Gasteiger partial charge in [-0.3, -0.25) is 9.59 Å². The quantitative estimate of drug-likeness (QED) is 0.0864. The van der Waals surface area contributed by atoms with Gasteiger partial charge < -0.3 is 9.47 Å². The molecule has 1 saturated carbocycles. The molecule has 0 amide bonds. The fourth-order valence-electron chi connectivity index (χ4n) is 27.3. The second kappa shape index (κ2) is 8.19. The molecule has 0 bridgehead atoms. The van der Waals surface area contributed by atoms with Gasteiger partial charge in [0, 0.05) is 12.8 Å². The van der Waals surface area contributed by atoms with Crippen molar-refractivity contribution in [2.75, 3.05) is 13.2 Å². The summed E-state index contributed by atoms with van der Waals surface area (Å²) in [6.45, 7) is 0.347. The van der Waals surface area contributed by atoms with E-state index in [1.54, 1.807) is 53.9 Å². The summed E-state index contributed by atoms with van der Waals surface area (Å²) in [5.74, 6) is -0.790. The maximum Gasteiger partial charge on any atom is 0.326 e. The molecule has 0 aliphatic heterocycles. The van der Waals surface area contributed by atoms with Crippen molar-refractivity contribution in [3.63, 3.8) is 0 Å². The van der Waals surface area contributed by atoms with E-state index in [9.17, 15) is 0 Å². The predicted octanol–water partition coefficient (Wildman–Crippen LogP) is 18.9. The van der Waals surface area contributed by atoms with Crippen LogP contribution in [0.15, 0.2) is 60.7 Å². The van der Waals surface area contributed by atoms with Gasteiger partial charge in [0.1, 0.15) is 0 Å². The summed E-state index contributed by atoms with van der Waals surface area (Å²) in [6, 6.07) is 20.9. The van der Waals surface area contributed by atoms with Gasteiger partial charge in [0.15, 0.2) is 5.41 Å². The first kappa shape index (κ1) is 33.6. The molecule has 30 aromatic rings. The number of rotatable bonds is 8. The van der Waals surface area contributed by atoms with Gasteiger partial charge in [-0.25, -0.2) is 0 Å². The molecule has 4 heteroatoms. The van der Waals surface area contributed by atoms with Crippen molar-refractivity contribution in [1.82, 2.24) is 0 Å². The van der Waals surface area contributed by atoms with Crippen LogP contribution in [0.1, 0.15) is 33.4 Å². The fraction of sp³-hybridized carbons (Fsp3) is 0.0886. The molecule has 0 N–H and O–H groups in total. The second-order valence-electron chi connectivity index (χ2n) is 28.7. The minimum atomic E-state index is -1.77. The van der Waals surface area contributed by atoms with Gasteiger partial charge in [0.2, 0.25) is 0 Å². The molecule has 0 atom stereocenters. The smallest absolute Gasteiger partial charge is 0.326 e. The molecule has 0 radical (unpaired) electrons. The molecule has 358 valence electrons. The molecule has 0 unspecified atom stereocenters. The third-order valence-corrected chi connectivity index (χ3v) is 27.9. The highest BCUT2D eigenvalue weighted by atomic mass is 16.6. The van der Waals surface area contributed by atoms with Crippen molar-refractivity contribution >= 4 is 303 Å². The van der Waals surface area contributed by atoms with Crippen molar-refractivity contribution < 1.29 is 19.1 Å². The van der Waals surface area contributed by atoms with E-state index in [4.69, 9.17) is 9.47 Å². The summed E-state index contributed by atoms with van der Waals surface area (Å²) in [6.07, 6.45) is 1.12. The largest absolute Gasteiger partial charge is 0.464 e. The lowest BCUT2D eigenvalue weighted by molar-refractivity contribution is -0.166. The van der Waals surface area contributed by atoms with Gasteiger partial charge in [0.25, 0.3) is 0 Å². The van der Waals surface area contributed by atoms with E-state index in [-0.39, 0.29) is 13.2 Å². The Morgan fingerprint density at radius 3 is 0.554 bits per heavy atom. The van der Waals surface area contributed by atoms with E-state index in [1.807, 2.05) is 12.1 Å². The molecule has 2 spiro atoms. The standard InChI is InChI=1S/C79H18O4/c80-75(82-13-11-15-7-3-1-4-8-15)79(76(81)83-14-12-16-9-5-2-6-10-16)77-71-63-55-45-35-27-19-17-18-21-25-23(19)31-39-33(25)43-37-29(21)30-22(18)26-24-20(17)28(27)36-42-32(24)40-34(26)44-38(30)48-47(37)57-51(43)61-53(39)59(49(55)41(31)35)67(71)69(61)73-65(57)66-58(48)52(44)62-54(40)60-50(42)56(46(36)45)64(63)72(77)68(60)70(62)74(66)78(73,77)79/h1-10H,11-14H2. The topological polar surface area (TPSA) is 52.6 Å². The lowest BCUT2D eigenvalue weighted by Gasteiger charge is -2.32. The molecule has 5 aliphatic carbocycles. The van der Waals surface area contributed by atoms with Gasteiger partial charge in [-0.1, -0.05) is 60.7 Å². The zero-order valence-electron chi connectivity index (χ0n) is 42.7. The Labute approximate surface area is 455 Å². The van der Waals surface area contributed by atoms with Gasteiger partial charge in [0.05, 0.1) is 24.0 Å². The van der Waals surface area contributed by atoms with Crippen molar-refractivity contribution in [3.8, 4) is 0 Å². The van der Waals surface area contributed by atoms with E-state index in [1.165, 1.54) is 259 Å². The van der Waals surface area contributed by atoms with Crippen molar-refractivity contribution in [3.05, 3.63) is 94.0 Å². The Bertz CT molecular complexity index is 7440. The third kappa shape index (κ3) is 2.00. The Kier molecular flexibility index (Phi) is 3.31. The SMILES string of the molecule is O=C(OCCc1ccccc1)C1(C(=O)OCCc2ccccc2)C23c4c5c6c7c8c9c(c%10c%11c2c2c4c4c%12c5c5c6c6c8c8c%13c9c9c%10c%10c%11c%11c2c2c4c4c%12c%12c5c5c6c8c6c8c%13c9c9c%10c%10c%11c2c2c4c4c%12c5c6c5c8c9c%10c2c45)C713. The molecular formula is C79H18O4. The van der Waals surface area contributed by atoms with Crippen LogP contribution in [0.25, 0.3) is 291 Å². The highest BCUT2D eigenvalue weighted by Crippen LogP contribution is 2.96. The lowest BCUT2D eigenvalue weighted by Crippen LogP contribution is -2.39. The molecule has 4 nitrogen and oxygen atoms in total. The van der Waals surface area contributed by atoms with Crippen LogP contribution in [0.3, 0.4) is 0 Å². The first-order chi connectivity index (χ1) is 41.2. The normalized spacial score (nSPS) is 18.7. The van der Waals surface area contributed by atoms with Crippen LogP contribution in [0.5, 0.6) is 0 Å². The van der Waals surface area contributed by atoms with Gasteiger partial charge in [-0.15, -0.1) is 0 Å². The van der Waals surface area contributed by atoms with Crippen molar-refractivity contribution in [2.45, 2.75) is 23.7 Å². The minimum absolute atomic E-state index is 0.174. The summed E-state index contributed by atoms with van der Waals surface area (Å²) in [4.78, 5) is 35.1. The van der Waals surface area contributed by atoms with E-state index in [0.717, 1.165) is 11.1 Å². The molecule has 30 aromatic carbocycles. The number of esters is 2. The number of hydrogen-bond donors (Lipinski definition) is 0. The fourth-order valence-corrected chi connectivity index (χ4v) is 27.3. The Morgan fingerprint density at radius 1 is 0.229 bits per heavy atom. The number of carbonyl (C=O) groups excluding carboxylic acids is 2. The van der Waals surface area contributed by atoms with Crippen LogP contribution in [-0.2, 0) is 42.7 Å². The summed E-state index contributed by atoms with van der Waals surface area (Å²) in [7, 11) is 0. The van der Waals surface area contributed by atoms with Crippen LogP contribution < -0.4 is 0 Å². The minimum Gasteiger partial charge on any atom is -0.464 e. The molecule has 83 heavy (non-hydrogen) atoms. The summed E-state index contributed by atoms with van der Waals surface area (Å²) in [5, 5.41) is 79.8. The van der Waals surface area contributed by atoms with Crippen molar-refractivity contribution in [1.29, 1.82) is 0 Å². The Balaban J connectivity index is 0.947. The number of carbonyl (C=O) groups is 2. The summed E-state index contributed by atoms with van der Waals surface area (Å²) >= 11 is 0. The molecule has 0 heterocycles. The Hall–Kier alpha value is -10.2. The predicted molar refractivity (Wildman–Crippen MR) is 339 cm³/mol. The highest BCUT2D eigenvalue weighted by Gasteiger charge is 3.01. The Morgan fingerprint density at radius 2 is 0.386 bits per heavy atom. The average Bonchev–Trinajstić information content (AvgIpc) is 1.36. The number of benzene rings is 20. The first-order valence-electron chi connectivity index (χ1n) is 30.4. The molecular weight excluding hydrogens is 1010 g/mol. The van der Waals surface area contributed by atoms with Crippen LogP contribution in [0.4, 0.5) is 0 Å². The van der Waals surface area contributed by atoms with Crippen LogP contribution in [0.2, 0.25) is 0 Å². The third-order valence-electron chi connectivity index (χ3n) is 27.9. The van der Waals surface area contributed by atoms with Gasteiger partial charge in [-0.05, 0) is 324 Å². The van der Waals surface area contributed by atoms with E-state index in [2.05, 4.69) is 48.5 Å². The van der Waals surface area contributed by atoms with Crippen molar-refractivity contribution in [2.24, 2.45) is 5.41 Å². The number of ether oxygens (including phenoxy) is 2. The van der Waals surface area contributed by atoms with E-state index < -0.39 is 28.2 Å².